The summed E-state index contributed by atoms with van der Waals surface area (Å²) >= 11 is 24.3. The van der Waals surface area contributed by atoms with Crippen LogP contribution in [-0.2, 0) is 119 Å². The number of carbonyl (C=O) groups is 3. The predicted molar refractivity (Wildman–Crippen MR) is 434 cm³/mol. The summed E-state index contributed by atoms with van der Waals surface area (Å²) in [5, 5.41) is 12.5. The van der Waals surface area contributed by atoms with Crippen LogP contribution in [0.15, 0.2) is 159 Å². The topological polar surface area (TPSA) is 222 Å². The van der Waals surface area contributed by atoms with E-state index >= 15 is 0 Å². The third kappa shape index (κ3) is 36.6. The molecule has 0 aromatic heterocycles. The van der Waals surface area contributed by atoms with Crippen molar-refractivity contribution in [1.82, 2.24) is 21.3 Å². The summed E-state index contributed by atoms with van der Waals surface area (Å²) in [5.41, 5.74) is 33.1. The van der Waals surface area contributed by atoms with Crippen LogP contribution in [0.25, 0.3) is 16.0 Å². The molecule has 5 heterocycles. The van der Waals surface area contributed by atoms with Gasteiger partial charge in [-0.15, -0.1) is 0 Å². The SMILES string of the molecule is Brc1ccc2c(c1)CCCCC2.Brc1ccc2c(c1)CCCCC2.Brc1ccc2c(c1)CCCNC2.Brc1ccc2c(c1)CCNCC2.C.C1CCOC1.CS(=O)(=O)O.O=C1CCc2cc(Br)ccc2C1.O=C1CCc2cc(Br)ccc2CN1.O=C1Cc2ccc(Br)cc2CCN1.[N-]=[N+]=[N-].[Na+]. The monoisotopic (exact) mass is 1850 g/mol. The van der Waals surface area contributed by atoms with Gasteiger partial charge in [-0.2, -0.15) is 8.42 Å². The van der Waals surface area contributed by atoms with Crippen LogP contribution < -0.4 is 50.8 Å². The number of nitrogens with zero attached hydrogens (tertiary/aromatic N) is 3. The number of hydrogen-bond acceptors (Lipinski definition) is 8. The molecule has 7 aromatic rings. The predicted octanol–water partition coefficient (Wildman–Crippen LogP) is 17.0. The fourth-order valence-corrected chi connectivity index (χ4v) is 15.1. The molecule has 0 bridgehead atoms. The molecule has 0 unspecified atom stereocenters. The van der Waals surface area contributed by atoms with Crippen molar-refractivity contribution in [3.8, 4) is 0 Å². The zero-order valence-corrected chi connectivity index (χ0v) is 71.3. The number of Topliss-reactive ketones (excluding diaryl/α,β-unsaturated/α-hetero) is 1. The van der Waals surface area contributed by atoms with Crippen molar-refractivity contribution in [2.75, 3.05) is 45.6 Å². The van der Waals surface area contributed by atoms with E-state index in [1.165, 1.54) is 169 Å². The number of amides is 2. The zero-order valence-electron chi connectivity index (χ0n) is 57.3. The molecule has 2 amide bonds. The van der Waals surface area contributed by atoms with Crippen molar-refractivity contribution in [2.45, 2.75) is 168 Å². The number of benzene rings is 7. The maximum Gasteiger partial charge on any atom is 1.00 e. The van der Waals surface area contributed by atoms with E-state index in [1.807, 2.05) is 30.3 Å². The van der Waals surface area contributed by atoms with Crippen LogP contribution in [0.1, 0.15) is 156 Å². The average Bonchev–Trinajstić information content (AvgIpc) is 1.81. The minimum absolute atomic E-state index is 0. The minimum Gasteiger partial charge on any atom is -0.381 e. The standard InChI is InChI=1S/2C11H13Br.2C10H10BrNO.2C10H12BrN.C10H9BrO.C4H8O.CH4O3S.CH4.N3.Na/c2*12-11-7-6-9-4-2-1-3-5-10(9)8-11;11-9-3-1-8-6-12-10(13)4-2-7(8)5-9;11-9-2-1-7-6-10(13)12-4-3-8(7)5-9;11-10-2-1-8-3-5-12-6-4-9(8)7-10;11-10-4-3-9-7-12-5-1-2-8(9)6-10;11-9-3-1-8-6-10(12)4-2-7(8)5-9;1-2-4-5-3-1;1-5(2,3)4;;1-3-2;/h2*6-8H,1-5H2;1,3,5H,2,4,6H2,(H,12,13);1-2,5H,3-4,6H2,(H,12,13);1-2,7,12H,3-6H2;3-4,6,12H,1-2,5,7H2;1,3,5H,2,4,6H2;1-4H2;1H3,(H,2,3,4);1H4;;/q;;;;;;;;;;-1;+1. The first kappa shape index (κ1) is 90.0. The Bertz CT molecular complexity index is 3640. The molecule has 14 nitrogen and oxygen atoms in total. The van der Waals surface area contributed by atoms with Gasteiger partial charge < -0.3 is 37.1 Å². The van der Waals surface area contributed by atoms with Gasteiger partial charge in [0, 0.05) is 83.4 Å². The van der Waals surface area contributed by atoms with Gasteiger partial charge in [-0.25, -0.2) is 0 Å². The fraction of sp³-hybridized carbons (Fsp3) is 0.423. The van der Waals surface area contributed by atoms with Gasteiger partial charge in [0.25, 0.3) is 10.1 Å². The molecule has 101 heavy (non-hydrogen) atoms. The van der Waals surface area contributed by atoms with E-state index in [1.54, 1.807) is 22.3 Å². The first-order valence-corrected chi connectivity index (χ1v) is 41.4. The number of hydrogen-bond donors (Lipinski definition) is 5. The Morgan fingerprint density at radius 2 is 0.693 bits per heavy atom. The van der Waals surface area contributed by atoms with Crippen molar-refractivity contribution >= 4 is 139 Å². The van der Waals surface area contributed by atoms with E-state index in [9.17, 15) is 22.8 Å². The molecule has 3 aliphatic carbocycles. The minimum atomic E-state index is -3.67. The summed E-state index contributed by atoms with van der Waals surface area (Å²) in [5.74, 6) is 0.637. The summed E-state index contributed by atoms with van der Waals surface area (Å²) in [6, 6.07) is 45.0. The van der Waals surface area contributed by atoms with E-state index in [4.69, 9.17) is 20.4 Å². The Morgan fingerprint density at radius 1 is 0.366 bits per heavy atom. The van der Waals surface area contributed by atoms with Gasteiger partial charge in [-0.05, 0) is 292 Å². The molecular weight excluding hydrogens is 1760 g/mol. The zero-order chi connectivity index (χ0) is 71.4. The molecule has 5 aliphatic heterocycles. The number of nitrogens with one attached hydrogen (secondary N) is 4. The number of ketones is 1. The van der Waals surface area contributed by atoms with Gasteiger partial charge in [0.15, 0.2) is 0 Å². The van der Waals surface area contributed by atoms with Crippen LogP contribution in [0.3, 0.4) is 0 Å². The number of fused-ring (bicyclic) bond motifs is 7. The molecule has 8 aliphatic rings. The molecule has 540 valence electrons. The van der Waals surface area contributed by atoms with Crippen LogP contribution in [0.2, 0.25) is 0 Å². The molecule has 1 saturated heterocycles. The Kier molecular flexibility index (Phi) is 44.8. The number of halogens is 7. The molecule has 7 aromatic carbocycles. The fourth-order valence-electron chi connectivity index (χ4n) is 12.2. The maximum absolute atomic E-state index is 11.2. The molecule has 0 atom stereocenters. The van der Waals surface area contributed by atoms with Gasteiger partial charge in [0.2, 0.25) is 11.8 Å². The molecular formula is C78H95Br7N7NaO7S. The summed E-state index contributed by atoms with van der Waals surface area (Å²) in [7, 11) is -3.67. The van der Waals surface area contributed by atoms with Crippen LogP contribution in [0.4, 0.5) is 0 Å². The van der Waals surface area contributed by atoms with Crippen LogP contribution in [-0.4, -0.2) is 76.2 Å². The first-order chi connectivity index (χ1) is 47.6. The molecule has 5 N–H and O–H groups in total. The van der Waals surface area contributed by atoms with Gasteiger partial charge in [-0.3, -0.25) is 23.8 Å². The van der Waals surface area contributed by atoms with E-state index in [-0.39, 0.29) is 48.8 Å². The average molecular weight is 1860 g/mol. The van der Waals surface area contributed by atoms with E-state index in [2.05, 4.69) is 230 Å². The van der Waals surface area contributed by atoms with Crippen LogP contribution in [0, 0.1) is 0 Å². The Morgan fingerprint density at radius 3 is 1.15 bits per heavy atom. The van der Waals surface area contributed by atoms with E-state index < -0.39 is 10.1 Å². The summed E-state index contributed by atoms with van der Waals surface area (Å²) < 4.78 is 38.9. The van der Waals surface area contributed by atoms with E-state index in [0.717, 1.165) is 90.6 Å². The molecule has 0 saturated carbocycles. The molecule has 1 fully saturated rings. The first-order valence-electron chi connectivity index (χ1n) is 34.0. The number of rotatable bonds is 0. The summed E-state index contributed by atoms with van der Waals surface area (Å²) in [6.07, 6.45) is 26.6. The van der Waals surface area contributed by atoms with Crippen molar-refractivity contribution in [3.63, 3.8) is 0 Å². The maximum atomic E-state index is 11.2. The third-order valence-corrected chi connectivity index (χ3v) is 20.7. The third-order valence-electron chi connectivity index (χ3n) is 17.3. The quantitative estimate of drug-likeness (QED) is 0.0243. The molecule has 15 rings (SSSR count). The second-order valence-electron chi connectivity index (χ2n) is 25.0. The second kappa shape index (κ2) is 50.2. The molecule has 0 spiro atoms. The number of carbonyl (C=O) groups excluding carboxylic acids is 3. The Labute approximate surface area is 681 Å². The van der Waals surface area contributed by atoms with Gasteiger partial charge >= 0.3 is 29.6 Å². The van der Waals surface area contributed by atoms with E-state index in [0.29, 0.717) is 44.3 Å². The largest absolute Gasteiger partial charge is 1.00 e. The Balaban J connectivity index is 0.000000242. The van der Waals surface area contributed by atoms with Crippen molar-refractivity contribution in [1.29, 1.82) is 0 Å². The normalized spacial score (nSPS) is 15.8. The number of aryl methyl sites for hydroxylation is 7. The van der Waals surface area contributed by atoms with Crippen molar-refractivity contribution < 1.29 is 61.6 Å². The summed E-state index contributed by atoms with van der Waals surface area (Å²) in [6.45, 7) is 7.83. The van der Waals surface area contributed by atoms with Gasteiger partial charge in [0.1, 0.15) is 5.78 Å². The van der Waals surface area contributed by atoms with Crippen molar-refractivity contribution in [2.24, 2.45) is 0 Å². The van der Waals surface area contributed by atoms with Crippen LogP contribution >= 0.6 is 112 Å². The Hall–Kier alpha value is -3.39. The van der Waals surface area contributed by atoms with Gasteiger partial charge in [-0.1, -0.05) is 174 Å². The van der Waals surface area contributed by atoms with Gasteiger partial charge in [0.05, 0.1) is 12.7 Å². The van der Waals surface area contributed by atoms with Crippen molar-refractivity contribution in [3.05, 3.63) is 253 Å². The number of ether oxygens (including phenoxy) is 1. The van der Waals surface area contributed by atoms with Crippen LogP contribution in [0.5, 0.6) is 0 Å². The second-order valence-corrected chi connectivity index (χ2v) is 32.8. The summed E-state index contributed by atoms with van der Waals surface area (Å²) in [4.78, 5) is 34.9. The molecule has 0 radical (unpaired) electrons. The smallest absolute Gasteiger partial charge is 0.381 e. The molecule has 23 heteroatoms.